The minimum absolute atomic E-state index is 0.0992. The molecule has 0 spiro atoms. The number of aliphatic carboxylic acids is 1. The Kier molecular flexibility index (Phi) is 8.69. The number of amides is 1. The number of carboxylic acid groups (broad SMARTS) is 1. The van der Waals surface area contributed by atoms with Crippen LogP contribution in [0.4, 0.5) is 5.69 Å². The normalized spacial score (nSPS) is 12.5. The first-order valence-corrected chi connectivity index (χ1v) is 10.6. The number of nitrogens with zero attached hydrogens (tertiary/aromatic N) is 1. The molecule has 2 rings (SSSR count). The third-order valence-electron chi connectivity index (χ3n) is 4.30. The van der Waals surface area contributed by atoms with Gasteiger partial charge in [-0.25, -0.2) is 4.79 Å². The van der Waals surface area contributed by atoms with Crippen molar-refractivity contribution in [1.29, 1.82) is 0 Å². The zero-order valence-electron chi connectivity index (χ0n) is 16.2. The number of ether oxygens (including phenoxy) is 1. The highest BCUT2D eigenvalue weighted by molar-refractivity contribution is 9.11. The minimum Gasteiger partial charge on any atom is -0.480 e. The second kappa shape index (κ2) is 11.0. The van der Waals surface area contributed by atoms with Crippen LogP contribution in [0.3, 0.4) is 0 Å². The molecule has 0 unspecified atom stereocenters. The Labute approximate surface area is 194 Å². The van der Waals surface area contributed by atoms with Crippen LogP contribution < -0.4 is 5.32 Å². The van der Waals surface area contributed by atoms with Crippen LogP contribution in [0.1, 0.15) is 35.2 Å². The van der Waals surface area contributed by atoms with Crippen molar-refractivity contribution in [3.8, 4) is 0 Å². The Balaban J connectivity index is 2.40. The van der Waals surface area contributed by atoms with Gasteiger partial charge in [-0.05, 0) is 30.7 Å². The molecule has 11 heteroatoms. The van der Waals surface area contributed by atoms with Crippen LogP contribution in [0.5, 0.6) is 0 Å². The lowest BCUT2D eigenvalue weighted by Crippen LogP contribution is -2.45. The molecule has 2 N–H and O–H groups in total. The Bertz CT molecular complexity index is 975. The van der Waals surface area contributed by atoms with Gasteiger partial charge < -0.3 is 15.2 Å². The van der Waals surface area contributed by atoms with Crippen LogP contribution in [-0.2, 0) is 14.3 Å². The van der Waals surface area contributed by atoms with Crippen molar-refractivity contribution in [2.75, 3.05) is 6.61 Å². The molecular weight excluding hydrogens is 540 g/mol. The predicted octanol–water partition coefficient (Wildman–Crippen LogP) is 4.04. The van der Waals surface area contributed by atoms with Gasteiger partial charge in [0, 0.05) is 32.6 Å². The summed E-state index contributed by atoms with van der Waals surface area (Å²) in [4.78, 5) is 47.2. The highest BCUT2D eigenvalue weighted by Gasteiger charge is 2.34. The lowest BCUT2D eigenvalue weighted by Gasteiger charge is -2.25. The largest absolute Gasteiger partial charge is 0.480 e. The predicted molar refractivity (Wildman–Crippen MR) is 118 cm³/mol. The number of nitro benzene ring substituents is 1. The summed E-state index contributed by atoms with van der Waals surface area (Å²) in [5, 5.41) is 23.2. The maximum Gasteiger partial charge on any atom is 0.326 e. The lowest BCUT2D eigenvalue weighted by atomic mass is 9.88. The topological polar surface area (TPSA) is 136 Å². The van der Waals surface area contributed by atoms with Crippen LogP contribution in [0, 0.1) is 10.1 Å². The van der Waals surface area contributed by atoms with Gasteiger partial charge in [0.2, 0.25) is 0 Å². The average molecular weight is 558 g/mol. The number of halogens is 2. The molecule has 0 saturated heterocycles. The summed E-state index contributed by atoms with van der Waals surface area (Å²) in [5.74, 6) is -3.70. The van der Waals surface area contributed by atoms with Crippen molar-refractivity contribution < 1.29 is 29.2 Å². The fraction of sp³-hybridized carbons (Fsp3) is 0.250. The van der Waals surface area contributed by atoms with Crippen LogP contribution in [0.2, 0.25) is 0 Å². The van der Waals surface area contributed by atoms with Gasteiger partial charge in [0.05, 0.1) is 18.0 Å². The molecule has 1 amide bonds. The highest BCUT2D eigenvalue weighted by Crippen LogP contribution is 2.27. The lowest BCUT2D eigenvalue weighted by molar-refractivity contribution is -0.384. The Morgan fingerprint density at radius 1 is 1.13 bits per heavy atom. The number of nitro groups is 1. The van der Waals surface area contributed by atoms with Crippen LogP contribution >= 0.6 is 31.9 Å². The molecule has 0 aliphatic rings. The first-order valence-electron chi connectivity index (χ1n) is 9.02. The molecular formula is C20H18Br2N2O7. The summed E-state index contributed by atoms with van der Waals surface area (Å²) in [6, 6.07) is 8.40. The van der Waals surface area contributed by atoms with Crippen molar-refractivity contribution in [2.24, 2.45) is 0 Å². The molecule has 2 aromatic rings. The maximum absolute atomic E-state index is 12.7. The molecule has 0 heterocycles. The minimum atomic E-state index is -1.49. The van der Waals surface area contributed by atoms with E-state index in [0.717, 1.165) is 0 Å². The van der Waals surface area contributed by atoms with E-state index in [9.17, 15) is 29.6 Å². The molecule has 2 aromatic carbocycles. The van der Waals surface area contributed by atoms with E-state index in [1.165, 1.54) is 36.4 Å². The van der Waals surface area contributed by atoms with Crippen molar-refractivity contribution in [1.82, 2.24) is 5.32 Å². The molecule has 31 heavy (non-hydrogen) atoms. The smallest absolute Gasteiger partial charge is 0.326 e. The molecule has 0 radical (unpaired) electrons. The first-order chi connectivity index (χ1) is 14.6. The number of nitrogens with one attached hydrogen (secondary N) is 1. The average Bonchev–Trinajstić information content (AvgIpc) is 2.69. The zero-order chi connectivity index (χ0) is 23.1. The first kappa shape index (κ1) is 24.5. The van der Waals surface area contributed by atoms with Crippen molar-refractivity contribution in [3.05, 3.63) is 72.7 Å². The standard InChI is InChI=1S/C20H18Br2N2O7/c1-2-31-17(25)10-16(11-3-5-15(6-4-11)24(29)30)18(20(27)28)23-19(26)12-7-13(21)9-14(22)8-12/h3-9,16,18H,2,10H2,1H3,(H,23,26)(H,27,28)/t16-,18-/m0/s1. The number of esters is 1. The molecule has 2 atom stereocenters. The summed E-state index contributed by atoms with van der Waals surface area (Å²) < 4.78 is 6.16. The van der Waals surface area contributed by atoms with Gasteiger partial charge in [-0.3, -0.25) is 19.7 Å². The zero-order valence-corrected chi connectivity index (χ0v) is 19.4. The van der Waals surface area contributed by atoms with E-state index < -0.39 is 34.7 Å². The number of hydrogen-bond acceptors (Lipinski definition) is 6. The number of hydrogen-bond donors (Lipinski definition) is 2. The van der Waals surface area contributed by atoms with E-state index in [-0.39, 0.29) is 24.3 Å². The van der Waals surface area contributed by atoms with Gasteiger partial charge in [-0.1, -0.05) is 44.0 Å². The van der Waals surface area contributed by atoms with E-state index >= 15 is 0 Å². The third-order valence-corrected chi connectivity index (χ3v) is 5.22. The van der Waals surface area contributed by atoms with Crippen LogP contribution in [0.25, 0.3) is 0 Å². The highest BCUT2D eigenvalue weighted by atomic mass is 79.9. The summed E-state index contributed by atoms with van der Waals surface area (Å²) >= 11 is 6.54. The Morgan fingerprint density at radius 3 is 2.19 bits per heavy atom. The monoisotopic (exact) mass is 556 g/mol. The van der Waals surface area contributed by atoms with Crippen LogP contribution in [0.15, 0.2) is 51.4 Å². The number of carbonyl (C=O) groups excluding carboxylic acids is 2. The fourth-order valence-electron chi connectivity index (χ4n) is 2.91. The number of carboxylic acids is 1. The summed E-state index contributed by atoms with van der Waals surface area (Å²) in [7, 11) is 0. The van der Waals surface area contributed by atoms with E-state index in [1.54, 1.807) is 13.0 Å². The number of carbonyl (C=O) groups is 3. The van der Waals surface area contributed by atoms with Crippen LogP contribution in [-0.4, -0.2) is 40.5 Å². The van der Waals surface area contributed by atoms with E-state index in [2.05, 4.69) is 37.2 Å². The summed E-state index contributed by atoms with van der Waals surface area (Å²) in [5.41, 5.74) is 0.349. The van der Waals surface area contributed by atoms with Gasteiger partial charge in [-0.2, -0.15) is 0 Å². The molecule has 0 bridgehead atoms. The molecule has 0 aliphatic heterocycles. The van der Waals surface area contributed by atoms with Crippen molar-refractivity contribution in [3.63, 3.8) is 0 Å². The maximum atomic E-state index is 12.7. The second-order valence-corrected chi connectivity index (χ2v) is 8.24. The second-order valence-electron chi connectivity index (χ2n) is 6.41. The SMILES string of the molecule is CCOC(=O)C[C@@H](c1ccc([N+](=O)[O-])cc1)[C@H](NC(=O)c1cc(Br)cc(Br)c1)C(=O)O. The van der Waals surface area contributed by atoms with E-state index in [0.29, 0.717) is 14.5 Å². The summed E-state index contributed by atoms with van der Waals surface area (Å²) in [6.07, 6.45) is -0.342. The van der Waals surface area contributed by atoms with E-state index in [1.807, 2.05) is 0 Å². The quantitative estimate of drug-likeness (QED) is 0.270. The number of rotatable bonds is 9. The summed E-state index contributed by atoms with van der Waals surface area (Å²) in [6.45, 7) is 1.71. The molecule has 164 valence electrons. The fourth-order valence-corrected chi connectivity index (χ4v) is 4.21. The van der Waals surface area contributed by atoms with E-state index in [4.69, 9.17) is 4.74 Å². The van der Waals surface area contributed by atoms with Gasteiger partial charge in [0.25, 0.3) is 11.6 Å². The molecule has 0 aliphatic carbocycles. The van der Waals surface area contributed by atoms with Gasteiger partial charge in [-0.15, -0.1) is 0 Å². The number of non-ortho nitro benzene ring substituents is 1. The molecule has 0 fully saturated rings. The van der Waals surface area contributed by atoms with Crippen molar-refractivity contribution in [2.45, 2.75) is 25.3 Å². The van der Waals surface area contributed by atoms with Crippen molar-refractivity contribution >= 4 is 55.4 Å². The Hall–Kier alpha value is -2.79. The number of benzene rings is 2. The third kappa shape index (κ3) is 6.86. The van der Waals surface area contributed by atoms with Gasteiger partial charge in [0.1, 0.15) is 6.04 Å². The molecule has 0 saturated carbocycles. The van der Waals surface area contributed by atoms with Gasteiger partial charge in [0.15, 0.2) is 0 Å². The molecule has 9 nitrogen and oxygen atoms in total. The Morgan fingerprint density at radius 2 is 1.71 bits per heavy atom. The van der Waals surface area contributed by atoms with Gasteiger partial charge >= 0.3 is 11.9 Å². The molecule has 0 aromatic heterocycles.